The predicted octanol–water partition coefficient (Wildman–Crippen LogP) is 0.273. The molecule has 1 aliphatic rings. The minimum Gasteiger partial charge on any atom is -0.465 e. The van der Waals surface area contributed by atoms with Crippen molar-refractivity contribution in [3.8, 4) is 0 Å². The van der Waals surface area contributed by atoms with Gasteiger partial charge >= 0.3 is 5.97 Å². The Kier molecular flexibility index (Phi) is 4.06. The predicted molar refractivity (Wildman–Crippen MR) is 63.7 cm³/mol. The van der Waals surface area contributed by atoms with Crippen molar-refractivity contribution in [2.75, 3.05) is 33.3 Å². The van der Waals surface area contributed by atoms with Crippen LogP contribution in [0.25, 0.3) is 0 Å². The van der Waals surface area contributed by atoms with Crippen LogP contribution in [0.5, 0.6) is 0 Å². The molecule has 92 valence electrons. The van der Waals surface area contributed by atoms with E-state index in [1.54, 1.807) is 12.3 Å². The third-order valence-corrected chi connectivity index (χ3v) is 2.84. The van der Waals surface area contributed by atoms with Crippen LogP contribution in [0.1, 0.15) is 16.1 Å². The smallest absolute Gasteiger partial charge is 0.339 e. The van der Waals surface area contributed by atoms with Crippen LogP contribution in [0.15, 0.2) is 18.3 Å². The Morgan fingerprint density at radius 2 is 2.24 bits per heavy atom. The van der Waals surface area contributed by atoms with Crippen LogP contribution in [-0.2, 0) is 11.3 Å². The van der Waals surface area contributed by atoms with Gasteiger partial charge in [-0.1, -0.05) is 0 Å². The summed E-state index contributed by atoms with van der Waals surface area (Å²) in [5, 5.41) is 3.31. The first-order chi connectivity index (χ1) is 8.29. The van der Waals surface area contributed by atoms with Gasteiger partial charge in [0.15, 0.2) is 0 Å². The number of hydrogen-bond donors (Lipinski definition) is 1. The average molecular weight is 235 g/mol. The van der Waals surface area contributed by atoms with Crippen LogP contribution in [-0.4, -0.2) is 49.1 Å². The summed E-state index contributed by atoms with van der Waals surface area (Å²) in [6.07, 6.45) is 1.57. The fourth-order valence-electron chi connectivity index (χ4n) is 1.85. The summed E-state index contributed by atoms with van der Waals surface area (Å²) in [5.41, 5.74) is 1.48. The molecule has 0 radical (unpaired) electrons. The van der Waals surface area contributed by atoms with Gasteiger partial charge in [0.1, 0.15) is 0 Å². The summed E-state index contributed by atoms with van der Waals surface area (Å²) in [4.78, 5) is 17.9. The van der Waals surface area contributed by atoms with Crippen molar-refractivity contribution in [2.24, 2.45) is 0 Å². The molecule has 0 amide bonds. The number of pyridine rings is 1. The molecule has 0 atom stereocenters. The highest BCUT2D eigenvalue weighted by molar-refractivity contribution is 5.88. The zero-order valence-electron chi connectivity index (χ0n) is 9.98. The molecule has 1 aromatic rings. The van der Waals surface area contributed by atoms with Gasteiger partial charge in [-0.05, 0) is 12.1 Å². The molecule has 0 unspecified atom stereocenters. The van der Waals surface area contributed by atoms with E-state index in [0.717, 1.165) is 38.4 Å². The van der Waals surface area contributed by atoms with Gasteiger partial charge in [-0.25, -0.2) is 4.79 Å². The number of methoxy groups -OCH3 is 1. The number of nitrogens with zero attached hydrogens (tertiary/aromatic N) is 2. The lowest BCUT2D eigenvalue weighted by molar-refractivity contribution is 0.0600. The van der Waals surface area contributed by atoms with Gasteiger partial charge in [-0.15, -0.1) is 0 Å². The molecule has 2 rings (SSSR count). The first kappa shape index (κ1) is 12.0. The minimum atomic E-state index is -0.341. The summed E-state index contributed by atoms with van der Waals surface area (Å²) in [6, 6.07) is 3.64. The van der Waals surface area contributed by atoms with Crippen LogP contribution in [0.2, 0.25) is 0 Å². The van der Waals surface area contributed by atoms with Crippen molar-refractivity contribution < 1.29 is 9.53 Å². The highest BCUT2D eigenvalue weighted by Gasteiger charge is 2.11. The van der Waals surface area contributed by atoms with Crippen molar-refractivity contribution in [3.63, 3.8) is 0 Å². The summed E-state index contributed by atoms with van der Waals surface area (Å²) >= 11 is 0. The van der Waals surface area contributed by atoms with E-state index in [1.807, 2.05) is 6.07 Å². The van der Waals surface area contributed by atoms with Crippen LogP contribution in [0.3, 0.4) is 0 Å². The summed E-state index contributed by atoms with van der Waals surface area (Å²) < 4.78 is 4.63. The van der Waals surface area contributed by atoms with Gasteiger partial charge in [-0.3, -0.25) is 9.88 Å². The third kappa shape index (κ3) is 3.25. The third-order valence-electron chi connectivity index (χ3n) is 2.84. The molecule has 5 nitrogen and oxygen atoms in total. The molecule has 1 fully saturated rings. The number of ether oxygens (including phenoxy) is 1. The topological polar surface area (TPSA) is 54.5 Å². The number of hydrogen-bond acceptors (Lipinski definition) is 5. The van der Waals surface area contributed by atoms with Crippen LogP contribution in [0, 0.1) is 0 Å². The second-order valence-electron chi connectivity index (χ2n) is 4.06. The Morgan fingerprint density at radius 1 is 1.47 bits per heavy atom. The number of aromatic nitrogens is 1. The van der Waals surface area contributed by atoms with E-state index >= 15 is 0 Å². The van der Waals surface area contributed by atoms with Gasteiger partial charge in [0, 0.05) is 38.9 Å². The highest BCUT2D eigenvalue weighted by Crippen LogP contribution is 2.05. The molecule has 0 saturated carbocycles. The molecule has 1 aliphatic heterocycles. The minimum absolute atomic E-state index is 0.341. The average Bonchev–Trinajstić information content (AvgIpc) is 2.40. The Labute approximate surface area is 101 Å². The monoisotopic (exact) mass is 235 g/mol. The lowest BCUT2D eigenvalue weighted by Crippen LogP contribution is -2.43. The lowest BCUT2D eigenvalue weighted by Gasteiger charge is -2.26. The van der Waals surface area contributed by atoms with E-state index in [0.29, 0.717) is 5.56 Å². The van der Waals surface area contributed by atoms with Crippen molar-refractivity contribution in [1.29, 1.82) is 0 Å². The zero-order chi connectivity index (χ0) is 12.1. The van der Waals surface area contributed by atoms with Crippen molar-refractivity contribution >= 4 is 5.97 Å². The summed E-state index contributed by atoms with van der Waals surface area (Å²) in [5.74, 6) is -0.341. The van der Waals surface area contributed by atoms with Crippen molar-refractivity contribution in [1.82, 2.24) is 15.2 Å². The van der Waals surface area contributed by atoms with Crippen LogP contribution in [0.4, 0.5) is 0 Å². The standard InChI is InChI=1S/C12H17N3O2/c1-17-12(16)10-2-3-11(14-8-10)9-15-6-4-13-5-7-15/h2-3,8,13H,4-7,9H2,1H3. The van der Waals surface area contributed by atoms with Gasteiger partial charge in [0.2, 0.25) is 0 Å². The van der Waals surface area contributed by atoms with E-state index in [9.17, 15) is 4.79 Å². The SMILES string of the molecule is COC(=O)c1ccc(CN2CCNCC2)nc1. The molecular formula is C12H17N3O2. The number of rotatable bonds is 3. The van der Waals surface area contributed by atoms with Gasteiger partial charge in [-0.2, -0.15) is 0 Å². The maximum Gasteiger partial charge on any atom is 0.339 e. The molecule has 0 aromatic carbocycles. The molecule has 2 heterocycles. The van der Waals surface area contributed by atoms with E-state index in [4.69, 9.17) is 0 Å². The highest BCUT2D eigenvalue weighted by atomic mass is 16.5. The number of esters is 1. The number of nitrogens with one attached hydrogen (secondary N) is 1. The summed E-state index contributed by atoms with van der Waals surface area (Å²) in [7, 11) is 1.37. The number of piperazine rings is 1. The fourth-order valence-corrected chi connectivity index (χ4v) is 1.85. The Hall–Kier alpha value is -1.46. The number of carbonyl (C=O) groups excluding carboxylic acids is 1. The Balaban J connectivity index is 1.95. The molecule has 17 heavy (non-hydrogen) atoms. The van der Waals surface area contributed by atoms with E-state index in [2.05, 4.69) is 19.9 Å². The van der Waals surface area contributed by atoms with Gasteiger partial charge in [0.05, 0.1) is 18.4 Å². The zero-order valence-corrected chi connectivity index (χ0v) is 9.98. The number of carbonyl (C=O) groups is 1. The molecule has 1 saturated heterocycles. The lowest BCUT2D eigenvalue weighted by atomic mass is 10.2. The van der Waals surface area contributed by atoms with Gasteiger partial charge in [0.25, 0.3) is 0 Å². The maximum atomic E-state index is 11.2. The van der Waals surface area contributed by atoms with Crippen molar-refractivity contribution in [2.45, 2.75) is 6.54 Å². The first-order valence-corrected chi connectivity index (χ1v) is 5.76. The van der Waals surface area contributed by atoms with E-state index in [-0.39, 0.29) is 5.97 Å². The van der Waals surface area contributed by atoms with Crippen LogP contribution >= 0.6 is 0 Å². The molecule has 1 aromatic heterocycles. The van der Waals surface area contributed by atoms with Crippen molar-refractivity contribution in [3.05, 3.63) is 29.6 Å². The molecular weight excluding hydrogens is 218 g/mol. The summed E-state index contributed by atoms with van der Waals surface area (Å²) in [6.45, 7) is 4.98. The first-order valence-electron chi connectivity index (χ1n) is 5.76. The molecule has 0 spiro atoms. The molecule has 0 aliphatic carbocycles. The molecule has 1 N–H and O–H groups in total. The van der Waals surface area contributed by atoms with Gasteiger partial charge < -0.3 is 10.1 Å². The second kappa shape index (κ2) is 5.75. The van der Waals surface area contributed by atoms with Crippen LogP contribution < -0.4 is 5.32 Å². The van der Waals surface area contributed by atoms with E-state index in [1.165, 1.54) is 7.11 Å². The maximum absolute atomic E-state index is 11.2. The Morgan fingerprint density at radius 3 is 2.82 bits per heavy atom. The fraction of sp³-hybridized carbons (Fsp3) is 0.500. The normalized spacial score (nSPS) is 16.8. The largest absolute Gasteiger partial charge is 0.465 e. The second-order valence-corrected chi connectivity index (χ2v) is 4.06. The quantitative estimate of drug-likeness (QED) is 0.762. The Bertz CT molecular complexity index is 372. The van der Waals surface area contributed by atoms with E-state index < -0.39 is 0 Å². The molecule has 0 bridgehead atoms. The molecule has 5 heteroatoms.